The second-order valence-corrected chi connectivity index (χ2v) is 8.16. The molecule has 9 heteroatoms. The van der Waals surface area contributed by atoms with Gasteiger partial charge in [-0.1, -0.05) is 12.8 Å². The van der Waals surface area contributed by atoms with Crippen LogP contribution in [0, 0.1) is 11.6 Å². The van der Waals surface area contributed by atoms with Gasteiger partial charge in [0.25, 0.3) is 0 Å². The fraction of sp³-hybridized carbons (Fsp3) is 0.650. The van der Waals surface area contributed by atoms with E-state index in [-0.39, 0.29) is 29.9 Å². The first-order chi connectivity index (χ1) is 13.6. The lowest BCUT2D eigenvalue weighted by Gasteiger charge is -2.52. The minimum absolute atomic E-state index is 0.000719. The normalized spacial score (nSPS) is 24.0. The Morgan fingerprint density at radius 3 is 2.62 bits per heavy atom. The largest absolute Gasteiger partial charge is 0.502 e. The average Bonchev–Trinajstić information content (AvgIpc) is 2.64. The Morgan fingerprint density at radius 2 is 1.93 bits per heavy atom. The van der Waals surface area contributed by atoms with Crippen LogP contribution < -0.4 is 15.0 Å². The molecular weight excluding hydrogens is 392 g/mol. The summed E-state index contributed by atoms with van der Waals surface area (Å²) in [5.74, 6) is -5.84. The molecule has 1 aliphatic carbocycles. The molecule has 0 spiro atoms. The number of esters is 1. The lowest BCUT2D eigenvalue weighted by atomic mass is 9.83. The van der Waals surface area contributed by atoms with Crippen molar-refractivity contribution >= 4 is 11.7 Å². The topological polar surface area (TPSA) is 50.8 Å². The van der Waals surface area contributed by atoms with Crippen molar-refractivity contribution in [3.8, 4) is 5.75 Å². The number of nitrogens with zero attached hydrogens (tertiary/aromatic N) is 1. The Hall–Kier alpha value is -2.03. The molecule has 0 radical (unpaired) electrons. The number of alkyl halides is 2. The summed E-state index contributed by atoms with van der Waals surface area (Å²) in [5, 5.41) is 3.56. The van der Waals surface area contributed by atoms with Gasteiger partial charge < -0.3 is 19.7 Å². The van der Waals surface area contributed by atoms with Crippen molar-refractivity contribution in [3.63, 3.8) is 0 Å². The first-order valence-electron chi connectivity index (χ1n) is 9.82. The maximum Gasteiger partial charge on any atom is 0.502 e. The van der Waals surface area contributed by atoms with Gasteiger partial charge in [-0.2, -0.15) is 13.2 Å². The summed E-state index contributed by atoms with van der Waals surface area (Å²) in [4.78, 5) is 13.1. The number of anilines is 1. The van der Waals surface area contributed by atoms with Gasteiger partial charge >= 0.3 is 12.1 Å². The summed E-state index contributed by atoms with van der Waals surface area (Å²) in [5.41, 5.74) is -0.325. The monoisotopic (exact) mass is 418 g/mol. The van der Waals surface area contributed by atoms with E-state index in [0.717, 1.165) is 31.7 Å². The molecule has 162 valence electrons. The predicted octanol–water partition coefficient (Wildman–Crippen LogP) is 4.00. The highest BCUT2D eigenvalue weighted by atomic mass is 19.3. The van der Waals surface area contributed by atoms with Gasteiger partial charge in [0.1, 0.15) is 0 Å². The molecule has 1 saturated heterocycles. The van der Waals surface area contributed by atoms with E-state index in [9.17, 15) is 22.4 Å². The number of fused-ring (bicyclic) bond motifs is 1. The standard InChI is InChI=1S/C20H26F4N2O3/c1-4-28-18(27)20(23,24)29-15-10-9-14(16(21)17(15)22)26-11-19(2,3)25-12-7-5-6-8-13(12)26/h9-10,12-13,25H,4-8,11H2,1-3H3/t12-,13+/m1/s1. The smallest absolute Gasteiger partial charge is 0.459 e. The Labute approximate surface area is 167 Å². The van der Waals surface area contributed by atoms with Crippen molar-refractivity contribution in [1.29, 1.82) is 0 Å². The van der Waals surface area contributed by atoms with Crippen molar-refractivity contribution in [3.05, 3.63) is 23.8 Å². The number of carbonyl (C=O) groups is 1. The highest BCUT2D eigenvalue weighted by molar-refractivity contribution is 5.76. The third-order valence-corrected chi connectivity index (χ3v) is 5.36. The number of halogens is 4. The number of ether oxygens (including phenoxy) is 2. The van der Waals surface area contributed by atoms with Gasteiger partial charge in [0.05, 0.1) is 12.3 Å². The Kier molecular flexibility index (Phi) is 5.98. The van der Waals surface area contributed by atoms with Gasteiger partial charge in [0.15, 0.2) is 11.6 Å². The first-order valence-corrected chi connectivity index (χ1v) is 9.82. The summed E-state index contributed by atoms with van der Waals surface area (Å²) < 4.78 is 65.4. The van der Waals surface area contributed by atoms with E-state index in [1.807, 2.05) is 18.7 Å². The third kappa shape index (κ3) is 4.44. The number of hydrogen-bond donors (Lipinski definition) is 1. The maximum absolute atomic E-state index is 14.9. The van der Waals surface area contributed by atoms with Crippen molar-refractivity contribution in [2.45, 2.75) is 70.2 Å². The molecule has 0 aromatic heterocycles. The molecule has 1 N–H and O–H groups in total. The molecule has 3 rings (SSSR count). The van der Waals surface area contributed by atoms with E-state index < -0.39 is 29.5 Å². The van der Waals surface area contributed by atoms with E-state index in [2.05, 4.69) is 14.8 Å². The Balaban J connectivity index is 1.89. The third-order valence-electron chi connectivity index (χ3n) is 5.36. The maximum atomic E-state index is 14.9. The van der Waals surface area contributed by atoms with Crippen molar-refractivity contribution in [1.82, 2.24) is 5.32 Å². The van der Waals surface area contributed by atoms with Crippen LogP contribution in [0.5, 0.6) is 5.75 Å². The van der Waals surface area contributed by atoms with Crippen LogP contribution in [0.3, 0.4) is 0 Å². The van der Waals surface area contributed by atoms with Gasteiger partial charge in [-0.05, 0) is 45.7 Å². The number of piperazine rings is 1. The van der Waals surface area contributed by atoms with Crippen LogP contribution in [0.15, 0.2) is 12.1 Å². The average molecular weight is 418 g/mol. The highest BCUT2D eigenvalue weighted by Crippen LogP contribution is 2.38. The molecule has 1 heterocycles. The Bertz CT molecular complexity index is 772. The minimum Gasteiger partial charge on any atom is -0.459 e. The van der Waals surface area contributed by atoms with E-state index in [1.54, 1.807) is 0 Å². The lowest BCUT2D eigenvalue weighted by molar-refractivity contribution is -0.217. The second kappa shape index (κ2) is 8.01. The summed E-state index contributed by atoms with van der Waals surface area (Å²) in [6.07, 6.45) is -0.618. The minimum atomic E-state index is -4.42. The molecule has 2 fully saturated rings. The van der Waals surface area contributed by atoms with Crippen molar-refractivity contribution in [2.24, 2.45) is 0 Å². The molecule has 0 amide bonds. The summed E-state index contributed by atoms with van der Waals surface area (Å²) in [6.45, 7) is 5.45. The molecule has 2 aliphatic rings. The van der Waals surface area contributed by atoms with E-state index in [0.29, 0.717) is 6.54 Å². The zero-order chi connectivity index (χ0) is 21.4. The number of nitrogens with one attached hydrogen (secondary N) is 1. The van der Waals surface area contributed by atoms with Gasteiger partial charge in [0, 0.05) is 24.2 Å². The number of benzene rings is 1. The van der Waals surface area contributed by atoms with Crippen LogP contribution >= 0.6 is 0 Å². The van der Waals surface area contributed by atoms with Crippen LogP contribution in [0.25, 0.3) is 0 Å². The molecule has 1 aromatic rings. The SMILES string of the molecule is CCOC(=O)C(F)(F)Oc1ccc(N2CC(C)(C)N[C@@H]3CCCC[C@@H]32)c(F)c1F. The molecule has 1 aromatic carbocycles. The molecule has 1 aliphatic heterocycles. The fourth-order valence-corrected chi connectivity index (χ4v) is 4.22. The van der Waals surface area contributed by atoms with Crippen LogP contribution in [-0.4, -0.2) is 42.9 Å². The molecule has 5 nitrogen and oxygen atoms in total. The second-order valence-electron chi connectivity index (χ2n) is 8.16. The van der Waals surface area contributed by atoms with E-state index in [4.69, 9.17) is 0 Å². The molecule has 0 unspecified atom stereocenters. The number of rotatable bonds is 5. The first kappa shape index (κ1) is 21.7. The predicted molar refractivity (Wildman–Crippen MR) is 99.2 cm³/mol. The van der Waals surface area contributed by atoms with Crippen LogP contribution in [0.1, 0.15) is 46.5 Å². The van der Waals surface area contributed by atoms with Gasteiger partial charge in [-0.15, -0.1) is 0 Å². The summed E-state index contributed by atoms with van der Waals surface area (Å²) >= 11 is 0. The van der Waals surface area contributed by atoms with E-state index >= 15 is 0 Å². The van der Waals surface area contributed by atoms with Crippen LogP contribution in [0.4, 0.5) is 23.2 Å². The Morgan fingerprint density at radius 1 is 1.24 bits per heavy atom. The summed E-state index contributed by atoms with van der Waals surface area (Å²) in [6, 6.07) is 2.27. The van der Waals surface area contributed by atoms with Crippen LogP contribution in [0.2, 0.25) is 0 Å². The molecule has 29 heavy (non-hydrogen) atoms. The van der Waals surface area contributed by atoms with Gasteiger partial charge in [-0.25, -0.2) is 9.18 Å². The highest BCUT2D eigenvalue weighted by Gasteiger charge is 2.46. The number of hydrogen-bond acceptors (Lipinski definition) is 5. The molecule has 0 bridgehead atoms. The fourth-order valence-electron chi connectivity index (χ4n) is 4.22. The van der Waals surface area contributed by atoms with Gasteiger partial charge in [-0.3, -0.25) is 0 Å². The van der Waals surface area contributed by atoms with E-state index in [1.165, 1.54) is 13.0 Å². The quantitative estimate of drug-likeness (QED) is 0.579. The molecule has 2 atom stereocenters. The van der Waals surface area contributed by atoms with Crippen molar-refractivity contribution in [2.75, 3.05) is 18.1 Å². The summed E-state index contributed by atoms with van der Waals surface area (Å²) in [7, 11) is 0. The zero-order valence-corrected chi connectivity index (χ0v) is 16.7. The lowest BCUT2D eigenvalue weighted by Crippen LogP contribution is -2.67. The van der Waals surface area contributed by atoms with Gasteiger partial charge in [0.2, 0.25) is 5.82 Å². The molecule has 1 saturated carbocycles. The zero-order valence-electron chi connectivity index (χ0n) is 16.7. The van der Waals surface area contributed by atoms with Crippen molar-refractivity contribution < 1.29 is 31.8 Å². The molecular formula is C20H26F4N2O3. The number of carbonyl (C=O) groups excluding carboxylic acids is 1. The van der Waals surface area contributed by atoms with Crippen LogP contribution in [-0.2, 0) is 9.53 Å².